The van der Waals surface area contributed by atoms with Crippen LogP contribution in [0.5, 0.6) is 17.2 Å². The number of nitrogens with one attached hydrogen (secondary N) is 2. The van der Waals surface area contributed by atoms with E-state index in [9.17, 15) is 9.59 Å². The van der Waals surface area contributed by atoms with Gasteiger partial charge in [-0.15, -0.1) is 0 Å². The molecule has 0 heterocycles. The minimum atomic E-state index is -0.453. The van der Waals surface area contributed by atoms with Crippen LogP contribution in [0.15, 0.2) is 47.6 Å². The van der Waals surface area contributed by atoms with Gasteiger partial charge in [0.2, 0.25) is 0 Å². The Morgan fingerprint density at radius 3 is 2.21 bits per heavy atom. The third-order valence-electron chi connectivity index (χ3n) is 3.62. The summed E-state index contributed by atoms with van der Waals surface area (Å²) in [7, 11) is 2.98. The monoisotopic (exact) mass is 385 g/mol. The van der Waals surface area contributed by atoms with E-state index in [0.29, 0.717) is 23.7 Å². The van der Waals surface area contributed by atoms with E-state index < -0.39 is 11.8 Å². The average molecular weight is 385 g/mol. The van der Waals surface area contributed by atoms with Crippen LogP contribution in [0.25, 0.3) is 0 Å². The van der Waals surface area contributed by atoms with Gasteiger partial charge < -0.3 is 19.5 Å². The number of carbonyl (C=O) groups is 2. The fourth-order valence-corrected chi connectivity index (χ4v) is 2.24. The number of ether oxygens (including phenoxy) is 3. The number of hydrogen-bond donors (Lipinski definition) is 2. The Kier molecular flexibility index (Phi) is 7.83. The van der Waals surface area contributed by atoms with Crippen molar-refractivity contribution in [2.24, 2.45) is 5.10 Å². The lowest BCUT2D eigenvalue weighted by Gasteiger charge is -2.08. The summed E-state index contributed by atoms with van der Waals surface area (Å²) in [6.45, 7) is 2.28. The lowest BCUT2D eigenvalue weighted by atomic mass is 10.2. The Morgan fingerprint density at radius 1 is 1.00 bits per heavy atom. The van der Waals surface area contributed by atoms with Crippen LogP contribution < -0.4 is 25.0 Å². The van der Waals surface area contributed by atoms with Gasteiger partial charge in [-0.1, -0.05) is 0 Å². The maximum absolute atomic E-state index is 12.2. The van der Waals surface area contributed by atoms with Gasteiger partial charge in [-0.25, -0.2) is 5.43 Å². The first-order chi connectivity index (χ1) is 13.5. The van der Waals surface area contributed by atoms with Gasteiger partial charge in [0.05, 0.1) is 33.6 Å². The number of benzene rings is 2. The van der Waals surface area contributed by atoms with Crippen LogP contribution in [0.3, 0.4) is 0 Å². The Balaban J connectivity index is 1.84. The predicted molar refractivity (Wildman–Crippen MR) is 105 cm³/mol. The molecule has 8 heteroatoms. The van der Waals surface area contributed by atoms with Crippen molar-refractivity contribution in [2.45, 2.75) is 6.92 Å². The Labute approximate surface area is 163 Å². The number of methoxy groups -OCH3 is 2. The van der Waals surface area contributed by atoms with E-state index in [-0.39, 0.29) is 6.54 Å². The van der Waals surface area contributed by atoms with E-state index in [0.717, 1.165) is 11.3 Å². The molecule has 0 spiro atoms. The summed E-state index contributed by atoms with van der Waals surface area (Å²) in [5, 5.41) is 6.38. The Morgan fingerprint density at radius 2 is 1.64 bits per heavy atom. The van der Waals surface area contributed by atoms with Crippen molar-refractivity contribution in [1.29, 1.82) is 0 Å². The molecule has 2 N–H and O–H groups in total. The molecule has 0 bridgehead atoms. The third kappa shape index (κ3) is 6.31. The van der Waals surface area contributed by atoms with Crippen LogP contribution in [-0.2, 0) is 4.79 Å². The maximum Gasteiger partial charge on any atom is 0.259 e. The summed E-state index contributed by atoms with van der Waals surface area (Å²) < 4.78 is 15.6. The largest absolute Gasteiger partial charge is 0.497 e. The molecular weight excluding hydrogens is 362 g/mol. The minimum Gasteiger partial charge on any atom is -0.497 e. The molecule has 8 nitrogen and oxygen atoms in total. The number of carbonyl (C=O) groups excluding carboxylic acids is 2. The molecule has 0 unspecified atom stereocenters. The van der Waals surface area contributed by atoms with Crippen molar-refractivity contribution < 1.29 is 23.8 Å². The van der Waals surface area contributed by atoms with E-state index in [4.69, 9.17) is 14.2 Å². The highest BCUT2D eigenvalue weighted by Crippen LogP contribution is 2.22. The summed E-state index contributed by atoms with van der Waals surface area (Å²) in [5.41, 5.74) is 3.48. The molecule has 2 aromatic carbocycles. The van der Waals surface area contributed by atoms with Crippen molar-refractivity contribution >= 4 is 18.0 Å². The van der Waals surface area contributed by atoms with Crippen LogP contribution in [0, 0.1) is 0 Å². The zero-order valence-electron chi connectivity index (χ0n) is 16.0. The zero-order valence-corrected chi connectivity index (χ0v) is 16.0. The van der Waals surface area contributed by atoms with Crippen molar-refractivity contribution in [3.8, 4) is 17.2 Å². The smallest absolute Gasteiger partial charge is 0.259 e. The fourth-order valence-electron chi connectivity index (χ4n) is 2.24. The standard InChI is InChI=1S/C20H23N3O5/c1-4-28-16-7-5-14(6-8-16)12-22-23-19(24)13-21-20(25)15-9-17(26-2)11-18(10-15)27-3/h5-12H,4,13H2,1-3H3,(H,21,25)(H,23,24)/b22-12-. The highest BCUT2D eigenvalue weighted by Gasteiger charge is 2.11. The van der Waals surface area contributed by atoms with Gasteiger partial charge >= 0.3 is 0 Å². The molecule has 0 radical (unpaired) electrons. The van der Waals surface area contributed by atoms with Gasteiger partial charge in [0.15, 0.2) is 0 Å². The second-order valence-electron chi connectivity index (χ2n) is 5.58. The molecule has 2 rings (SSSR count). The van der Waals surface area contributed by atoms with E-state index in [1.165, 1.54) is 20.4 Å². The molecule has 28 heavy (non-hydrogen) atoms. The summed E-state index contributed by atoms with van der Waals surface area (Å²) in [5.74, 6) is 0.844. The van der Waals surface area contributed by atoms with Crippen LogP contribution >= 0.6 is 0 Å². The summed E-state index contributed by atoms with van der Waals surface area (Å²) >= 11 is 0. The molecule has 148 valence electrons. The van der Waals surface area contributed by atoms with E-state index >= 15 is 0 Å². The molecule has 0 saturated carbocycles. The van der Waals surface area contributed by atoms with E-state index in [2.05, 4.69) is 15.8 Å². The van der Waals surface area contributed by atoms with Crippen molar-refractivity contribution in [1.82, 2.24) is 10.7 Å². The van der Waals surface area contributed by atoms with Crippen LogP contribution in [0.4, 0.5) is 0 Å². The Bertz CT molecular complexity index is 812. The van der Waals surface area contributed by atoms with Crippen molar-refractivity contribution in [3.63, 3.8) is 0 Å². The van der Waals surface area contributed by atoms with Gasteiger partial charge in [0.25, 0.3) is 11.8 Å². The number of hydrogen-bond acceptors (Lipinski definition) is 6. The first kappa shape index (κ1) is 20.8. The number of hydrazone groups is 1. The summed E-state index contributed by atoms with van der Waals surface area (Å²) in [6, 6.07) is 12.0. The molecule has 0 fully saturated rings. The second kappa shape index (κ2) is 10.6. The molecule has 2 aromatic rings. The normalized spacial score (nSPS) is 10.4. The van der Waals surface area contributed by atoms with Crippen LogP contribution in [0.2, 0.25) is 0 Å². The third-order valence-corrected chi connectivity index (χ3v) is 3.62. The van der Waals surface area contributed by atoms with Crippen LogP contribution in [-0.4, -0.2) is 45.4 Å². The zero-order chi connectivity index (χ0) is 20.4. The molecule has 0 aliphatic heterocycles. The topological polar surface area (TPSA) is 98.2 Å². The predicted octanol–water partition coefficient (Wildman–Crippen LogP) is 1.98. The number of amides is 2. The fraction of sp³-hybridized carbons (Fsp3) is 0.250. The summed E-state index contributed by atoms with van der Waals surface area (Å²) in [4.78, 5) is 24.1. The van der Waals surface area contributed by atoms with Gasteiger partial charge in [0.1, 0.15) is 17.2 Å². The first-order valence-electron chi connectivity index (χ1n) is 8.61. The van der Waals surface area contributed by atoms with Gasteiger partial charge in [0, 0.05) is 11.6 Å². The van der Waals surface area contributed by atoms with Crippen molar-refractivity contribution in [3.05, 3.63) is 53.6 Å². The second-order valence-corrected chi connectivity index (χ2v) is 5.58. The summed E-state index contributed by atoms with van der Waals surface area (Å²) in [6.07, 6.45) is 1.50. The molecule has 0 aliphatic rings. The highest BCUT2D eigenvalue weighted by atomic mass is 16.5. The molecular formula is C20H23N3O5. The van der Waals surface area contributed by atoms with E-state index in [1.807, 2.05) is 31.2 Å². The van der Waals surface area contributed by atoms with Crippen molar-refractivity contribution in [2.75, 3.05) is 27.4 Å². The quantitative estimate of drug-likeness (QED) is 0.508. The first-order valence-corrected chi connectivity index (χ1v) is 8.61. The SMILES string of the molecule is CCOc1ccc(/C=N\NC(=O)CNC(=O)c2cc(OC)cc(OC)c2)cc1. The molecule has 0 aliphatic carbocycles. The van der Waals surface area contributed by atoms with Crippen LogP contribution in [0.1, 0.15) is 22.8 Å². The van der Waals surface area contributed by atoms with Gasteiger partial charge in [-0.05, 0) is 48.9 Å². The molecule has 0 atom stereocenters. The maximum atomic E-state index is 12.2. The lowest BCUT2D eigenvalue weighted by molar-refractivity contribution is -0.120. The molecule has 2 amide bonds. The number of nitrogens with zero attached hydrogens (tertiary/aromatic N) is 1. The lowest BCUT2D eigenvalue weighted by Crippen LogP contribution is -2.34. The number of rotatable bonds is 9. The average Bonchev–Trinajstić information content (AvgIpc) is 2.73. The molecule has 0 saturated heterocycles. The minimum absolute atomic E-state index is 0.223. The van der Waals surface area contributed by atoms with E-state index in [1.54, 1.807) is 18.2 Å². The highest BCUT2D eigenvalue weighted by molar-refractivity contribution is 5.97. The van der Waals surface area contributed by atoms with Gasteiger partial charge in [-0.2, -0.15) is 5.10 Å². The molecule has 0 aromatic heterocycles. The van der Waals surface area contributed by atoms with Gasteiger partial charge in [-0.3, -0.25) is 9.59 Å². The Hall–Kier alpha value is -3.55.